The van der Waals surface area contributed by atoms with Gasteiger partial charge in [-0.05, 0) is 31.4 Å². The van der Waals surface area contributed by atoms with Crippen molar-refractivity contribution in [3.05, 3.63) is 18.2 Å². The largest absolute Gasteiger partial charge is 0.373 e. The maximum Gasteiger partial charge on any atom is 0.319 e. The summed E-state index contributed by atoms with van der Waals surface area (Å²) in [7, 11) is 0. The Morgan fingerprint density at radius 1 is 1.26 bits per heavy atom. The number of fused-ring (bicyclic) bond motifs is 1. The van der Waals surface area contributed by atoms with Gasteiger partial charge in [-0.2, -0.15) is 15.4 Å². The molecule has 23 heavy (non-hydrogen) atoms. The molecule has 1 aromatic heterocycles. The first-order chi connectivity index (χ1) is 11.2. The molecule has 3 N–H and O–H groups in total. The lowest BCUT2D eigenvalue weighted by molar-refractivity contribution is -0.0245. The molecule has 1 aliphatic heterocycles. The van der Waals surface area contributed by atoms with E-state index in [4.69, 9.17) is 4.74 Å². The van der Waals surface area contributed by atoms with Gasteiger partial charge in [0.05, 0.1) is 23.9 Å². The summed E-state index contributed by atoms with van der Waals surface area (Å²) in [5.74, 6) is 0. The normalized spacial score (nSPS) is 23.2. The predicted octanol–water partition coefficient (Wildman–Crippen LogP) is 2.57. The fourth-order valence-electron chi connectivity index (χ4n) is 3.79. The third-order valence-corrected chi connectivity index (χ3v) is 4.90. The number of amides is 2. The second-order valence-electron chi connectivity index (χ2n) is 6.55. The number of nitrogens with one attached hydrogen (secondary N) is 3. The van der Waals surface area contributed by atoms with E-state index in [1.54, 1.807) is 0 Å². The van der Waals surface area contributed by atoms with Crippen molar-refractivity contribution in [2.45, 2.75) is 50.2 Å². The molecule has 2 amide bonds. The molecule has 0 bridgehead atoms. The fraction of sp³-hybridized carbons (Fsp3) is 0.562. The van der Waals surface area contributed by atoms with Gasteiger partial charge in [0.15, 0.2) is 0 Å². The van der Waals surface area contributed by atoms with Crippen LogP contribution in [0.15, 0.2) is 18.2 Å². The summed E-state index contributed by atoms with van der Waals surface area (Å²) in [5.41, 5.74) is 2.05. The van der Waals surface area contributed by atoms with Crippen LogP contribution in [0.5, 0.6) is 0 Å². The Balaban J connectivity index is 1.38. The summed E-state index contributed by atoms with van der Waals surface area (Å²) in [6.07, 6.45) is 6.90. The fourth-order valence-corrected chi connectivity index (χ4v) is 3.79. The zero-order valence-corrected chi connectivity index (χ0v) is 13.0. The Hall–Kier alpha value is -2.15. The van der Waals surface area contributed by atoms with Crippen molar-refractivity contribution in [2.24, 2.45) is 0 Å². The van der Waals surface area contributed by atoms with E-state index < -0.39 is 0 Å². The van der Waals surface area contributed by atoms with Gasteiger partial charge < -0.3 is 15.4 Å². The number of hydrogen-bond acceptors (Lipinski definition) is 4. The highest BCUT2D eigenvalue weighted by molar-refractivity contribution is 5.98. The molecule has 1 atom stereocenters. The van der Waals surface area contributed by atoms with Crippen molar-refractivity contribution in [2.75, 3.05) is 11.9 Å². The maximum absolute atomic E-state index is 12.3. The van der Waals surface area contributed by atoms with E-state index >= 15 is 0 Å². The lowest BCUT2D eigenvalue weighted by atomic mass is 9.82. The van der Waals surface area contributed by atoms with E-state index in [-0.39, 0.29) is 17.7 Å². The number of carbonyl (C=O) groups excluding carboxylic acids is 1. The summed E-state index contributed by atoms with van der Waals surface area (Å²) in [6.45, 7) is 0.599. The number of H-pyrrole nitrogens is 1. The molecule has 1 aliphatic carbocycles. The van der Waals surface area contributed by atoms with Crippen LogP contribution in [-0.4, -0.2) is 39.7 Å². The highest BCUT2D eigenvalue weighted by Crippen LogP contribution is 2.39. The summed E-state index contributed by atoms with van der Waals surface area (Å²) < 4.78 is 6.03. The van der Waals surface area contributed by atoms with Gasteiger partial charge in [-0.3, -0.25) is 0 Å². The number of aromatic amines is 1. The molecule has 2 aromatic rings. The number of rotatable bonds is 2. The summed E-state index contributed by atoms with van der Waals surface area (Å²) >= 11 is 0. The zero-order chi connectivity index (χ0) is 15.7. The van der Waals surface area contributed by atoms with Crippen molar-refractivity contribution in [1.29, 1.82) is 0 Å². The Morgan fingerprint density at radius 3 is 3.00 bits per heavy atom. The van der Waals surface area contributed by atoms with Gasteiger partial charge >= 0.3 is 6.03 Å². The molecule has 1 saturated heterocycles. The predicted molar refractivity (Wildman–Crippen MR) is 86.2 cm³/mol. The quantitative estimate of drug-likeness (QED) is 0.794. The first-order valence-electron chi connectivity index (χ1n) is 8.25. The molecule has 1 spiro atoms. The van der Waals surface area contributed by atoms with Crippen LogP contribution in [0, 0.1) is 0 Å². The lowest BCUT2D eigenvalue weighted by Gasteiger charge is -2.32. The summed E-state index contributed by atoms with van der Waals surface area (Å²) in [5, 5.41) is 16.5. The van der Waals surface area contributed by atoms with Gasteiger partial charge in [0.1, 0.15) is 11.0 Å². The standard InChI is InChI=1S/C16H21N5O2/c22-15(18-12-5-4-6-13-14(12)20-21-19-13)17-11-9-16(23-10-11)7-2-1-3-8-16/h4-6,11H,1-3,7-10H2,(H2,17,18,22)(H,19,20,21)/t11-/m0/s1. The number of nitrogens with zero attached hydrogens (tertiary/aromatic N) is 2. The van der Waals surface area contributed by atoms with Crippen LogP contribution in [0.3, 0.4) is 0 Å². The third kappa shape index (κ3) is 2.88. The molecule has 1 aromatic carbocycles. The average Bonchev–Trinajstić information content (AvgIpc) is 3.16. The molecule has 2 aliphatic rings. The Labute approximate surface area is 134 Å². The first kappa shape index (κ1) is 14.4. The second-order valence-corrected chi connectivity index (χ2v) is 6.55. The van der Waals surface area contributed by atoms with Gasteiger partial charge in [-0.1, -0.05) is 25.3 Å². The van der Waals surface area contributed by atoms with E-state index in [1.165, 1.54) is 19.3 Å². The molecular weight excluding hydrogens is 294 g/mol. The number of hydrogen-bond donors (Lipinski definition) is 3. The zero-order valence-electron chi connectivity index (χ0n) is 13.0. The van der Waals surface area contributed by atoms with E-state index in [2.05, 4.69) is 26.0 Å². The van der Waals surface area contributed by atoms with E-state index in [0.717, 1.165) is 24.8 Å². The number of urea groups is 1. The molecular formula is C16H21N5O2. The van der Waals surface area contributed by atoms with Crippen molar-refractivity contribution in [3.63, 3.8) is 0 Å². The number of ether oxygens (including phenoxy) is 1. The molecule has 0 unspecified atom stereocenters. The summed E-state index contributed by atoms with van der Waals surface area (Å²) in [4.78, 5) is 12.3. The average molecular weight is 315 g/mol. The van der Waals surface area contributed by atoms with Gasteiger partial charge in [0.2, 0.25) is 0 Å². The number of benzene rings is 1. The number of para-hydroxylation sites is 1. The molecule has 2 fully saturated rings. The monoisotopic (exact) mass is 315 g/mol. The Morgan fingerprint density at radius 2 is 2.13 bits per heavy atom. The van der Waals surface area contributed by atoms with Gasteiger partial charge in [-0.15, -0.1) is 0 Å². The first-order valence-corrected chi connectivity index (χ1v) is 8.25. The Kier molecular flexibility index (Phi) is 3.65. The van der Waals surface area contributed by atoms with Crippen LogP contribution < -0.4 is 10.6 Å². The van der Waals surface area contributed by atoms with Crippen molar-refractivity contribution in [1.82, 2.24) is 20.7 Å². The molecule has 122 valence electrons. The molecule has 4 rings (SSSR count). The molecule has 7 nitrogen and oxygen atoms in total. The minimum Gasteiger partial charge on any atom is -0.373 e. The van der Waals surface area contributed by atoms with Crippen LogP contribution in [0.25, 0.3) is 11.0 Å². The summed E-state index contributed by atoms with van der Waals surface area (Å²) in [6, 6.07) is 5.36. The topological polar surface area (TPSA) is 91.9 Å². The highest BCUT2D eigenvalue weighted by Gasteiger charge is 2.41. The van der Waals surface area contributed by atoms with Gasteiger partial charge in [-0.25, -0.2) is 4.79 Å². The highest BCUT2D eigenvalue weighted by atomic mass is 16.5. The SMILES string of the molecule is O=C(Nc1cccc2n[nH]nc12)N[C@@H]1COC2(CCCCC2)C1. The van der Waals surface area contributed by atoms with Crippen LogP contribution in [0.4, 0.5) is 10.5 Å². The van der Waals surface area contributed by atoms with Crippen molar-refractivity contribution >= 4 is 22.8 Å². The third-order valence-electron chi connectivity index (χ3n) is 4.90. The van der Waals surface area contributed by atoms with Crippen LogP contribution in [-0.2, 0) is 4.74 Å². The van der Waals surface area contributed by atoms with Crippen LogP contribution in [0.2, 0.25) is 0 Å². The second kappa shape index (κ2) is 5.81. The number of aromatic nitrogens is 3. The molecule has 1 saturated carbocycles. The van der Waals surface area contributed by atoms with Crippen LogP contribution >= 0.6 is 0 Å². The van der Waals surface area contributed by atoms with E-state index in [9.17, 15) is 4.79 Å². The minimum absolute atomic E-state index is 0.00231. The van der Waals surface area contributed by atoms with Gasteiger partial charge in [0.25, 0.3) is 0 Å². The van der Waals surface area contributed by atoms with Gasteiger partial charge in [0, 0.05) is 0 Å². The minimum atomic E-state index is -0.220. The number of carbonyl (C=O) groups is 1. The smallest absolute Gasteiger partial charge is 0.319 e. The number of anilines is 1. The van der Waals surface area contributed by atoms with E-state index in [1.807, 2.05) is 18.2 Å². The molecule has 2 heterocycles. The lowest BCUT2D eigenvalue weighted by Crippen LogP contribution is -2.39. The van der Waals surface area contributed by atoms with Crippen molar-refractivity contribution in [3.8, 4) is 0 Å². The maximum atomic E-state index is 12.3. The van der Waals surface area contributed by atoms with Crippen molar-refractivity contribution < 1.29 is 9.53 Å². The molecule has 0 radical (unpaired) electrons. The Bertz CT molecular complexity index is 707. The van der Waals surface area contributed by atoms with E-state index in [0.29, 0.717) is 17.8 Å². The van der Waals surface area contributed by atoms with Crippen LogP contribution in [0.1, 0.15) is 38.5 Å². The molecule has 7 heteroatoms.